The highest BCUT2D eigenvalue weighted by Crippen LogP contribution is 2.06. The van der Waals surface area contributed by atoms with E-state index in [1.165, 1.54) is 24.3 Å². The van der Waals surface area contributed by atoms with Gasteiger partial charge in [0.2, 0.25) is 0 Å². The first kappa shape index (κ1) is 18.4. The maximum atomic E-state index is 11.3. The molecule has 2 N–H and O–H groups in total. The van der Waals surface area contributed by atoms with Gasteiger partial charge in [0.1, 0.15) is 6.61 Å². The molecule has 1 rings (SSSR count). The first-order valence-corrected chi connectivity index (χ1v) is 4.43. The summed E-state index contributed by atoms with van der Waals surface area (Å²) in [5, 5.41) is 16.6. The topological polar surface area (TPSA) is 93.1 Å². The van der Waals surface area contributed by atoms with Gasteiger partial charge in [-0.25, -0.2) is 9.59 Å². The molecule has 0 aliphatic rings. The zero-order valence-corrected chi connectivity index (χ0v) is 8.25. The number of hydrogen-bond acceptors (Lipinski definition) is 6. The number of carbonyl (C=O) groups excluding carboxylic acids is 2. The van der Waals surface area contributed by atoms with Crippen molar-refractivity contribution in [3.05, 3.63) is 35.4 Å². The monoisotopic (exact) mass is 258 g/mol. The van der Waals surface area contributed by atoms with E-state index in [1.54, 1.807) is 0 Å². The van der Waals surface area contributed by atoms with Gasteiger partial charge in [-0.2, -0.15) is 5.26 Å². The Labute approximate surface area is 106 Å². The van der Waals surface area contributed by atoms with E-state index in [1.807, 2.05) is 0 Å². The van der Waals surface area contributed by atoms with Crippen LogP contribution in [-0.2, 0) is 9.62 Å². The molecule has 0 saturated carbocycles. The van der Waals surface area contributed by atoms with Crippen LogP contribution in [0.3, 0.4) is 0 Å². The number of carbonyl (C=O) groups is 2. The molecule has 0 spiro atoms. The third-order valence-electron chi connectivity index (χ3n) is 1.76. The van der Waals surface area contributed by atoms with Gasteiger partial charge in [0, 0.05) is 0 Å². The summed E-state index contributed by atoms with van der Waals surface area (Å²) in [6.07, 6.45) is 0. The highest BCUT2D eigenvalue weighted by Gasteiger charge is 2.10. The lowest BCUT2D eigenvalue weighted by Gasteiger charge is -2.03. The maximum absolute atomic E-state index is 11.3. The molecule has 0 atom stereocenters. The maximum Gasteiger partial charge on any atom is 0.372 e. The van der Waals surface area contributed by atoms with Gasteiger partial charge >= 0.3 is 11.9 Å². The Morgan fingerprint density at radius 1 is 1.00 bits per heavy atom. The van der Waals surface area contributed by atoms with Crippen molar-refractivity contribution in [2.24, 2.45) is 0 Å². The van der Waals surface area contributed by atoms with Crippen molar-refractivity contribution in [1.82, 2.24) is 0 Å². The van der Waals surface area contributed by atoms with Crippen molar-refractivity contribution in [2.75, 3.05) is 13.2 Å². The predicted molar refractivity (Wildman–Crippen MR) is 65.3 cm³/mol. The van der Waals surface area contributed by atoms with E-state index in [2.05, 4.69) is 9.62 Å². The van der Waals surface area contributed by atoms with Crippen LogP contribution in [-0.4, -0.2) is 35.5 Å². The van der Waals surface area contributed by atoms with Gasteiger partial charge in [0.15, 0.2) is 0 Å². The second-order valence-electron chi connectivity index (χ2n) is 2.82. The number of aliphatic hydroxyl groups is 1. The lowest BCUT2D eigenvalue weighted by Crippen LogP contribution is -2.09. The molecule has 102 valence electrons. The van der Waals surface area contributed by atoms with E-state index < -0.39 is 11.9 Å². The van der Waals surface area contributed by atoms with E-state index in [0.29, 0.717) is 0 Å². The average molecular weight is 258 g/mol. The summed E-state index contributed by atoms with van der Waals surface area (Å²) in [4.78, 5) is 25.6. The Hall–Kier alpha value is -1.92. The molecule has 6 heteroatoms. The van der Waals surface area contributed by atoms with Crippen LogP contribution in [0.5, 0.6) is 0 Å². The fraction of sp³-hybridized carbons (Fsp3) is 0.333. The third-order valence-corrected chi connectivity index (χ3v) is 1.76. The number of benzene rings is 1. The molecule has 0 amide bonds. The Bertz CT molecular complexity index is 371. The van der Waals surface area contributed by atoms with Gasteiger partial charge in [-0.3, -0.25) is 4.89 Å². The SMILES string of the molecule is C.C.O=C(OO)c1ccc(C(=O)OCCO)cc1. The smallest absolute Gasteiger partial charge is 0.372 e. The normalized spacial score (nSPS) is 8.56. The van der Waals surface area contributed by atoms with Gasteiger partial charge < -0.3 is 9.84 Å². The minimum absolute atomic E-state index is 0. The first-order chi connectivity index (χ1) is 7.69. The summed E-state index contributed by atoms with van der Waals surface area (Å²) in [6, 6.07) is 5.33. The van der Waals surface area contributed by atoms with E-state index in [0.717, 1.165) is 0 Å². The van der Waals surface area contributed by atoms with Gasteiger partial charge in [-0.05, 0) is 24.3 Å². The summed E-state index contributed by atoms with van der Waals surface area (Å²) in [7, 11) is 0. The lowest BCUT2D eigenvalue weighted by atomic mass is 10.1. The first-order valence-electron chi connectivity index (χ1n) is 4.43. The highest BCUT2D eigenvalue weighted by atomic mass is 17.1. The molecule has 0 aromatic heterocycles. The molecule has 1 aromatic rings. The van der Waals surface area contributed by atoms with Crippen molar-refractivity contribution < 1.29 is 29.6 Å². The fourth-order valence-corrected chi connectivity index (χ4v) is 1.02. The van der Waals surface area contributed by atoms with Crippen LogP contribution in [0.1, 0.15) is 35.6 Å². The molecular formula is C12H18O6. The van der Waals surface area contributed by atoms with Crippen LogP contribution in [0, 0.1) is 0 Å². The van der Waals surface area contributed by atoms with Gasteiger partial charge in [-0.1, -0.05) is 14.9 Å². The Balaban J connectivity index is 0. The average Bonchev–Trinajstić information content (AvgIpc) is 2.35. The minimum atomic E-state index is -0.907. The van der Waals surface area contributed by atoms with Crippen LogP contribution in [0.4, 0.5) is 0 Å². The van der Waals surface area contributed by atoms with Crippen molar-refractivity contribution in [1.29, 1.82) is 0 Å². The summed E-state index contributed by atoms with van der Waals surface area (Å²) >= 11 is 0. The van der Waals surface area contributed by atoms with Crippen LogP contribution >= 0.6 is 0 Å². The van der Waals surface area contributed by atoms with Crippen molar-refractivity contribution in [3.63, 3.8) is 0 Å². The van der Waals surface area contributed by atoms with Gasteiger partial charge in [-0.15, -0.1) is 0 Å². The zero-order chi connectivity index (χ0) is 12.0. The fourth-order valence-electron chi connectivity index (χ4n) is 1.02. The van der Waals surface area contributed by atoms with Gasteiger partial charge in [0.25, 0.3) is 0 Å². The number of rotatable bonds is 4. The number of ether oxygens (including phenoxy) is 1. The Kier molecular flexibility index (Phi) is 9.37. The Morgan fingerprint density at radius 3 is 1.83 bits per heavy atom. The molecule has 0 radical (unpaired) electrons. The highest BCUT2D eigenvalue weighted by molar-refractivity contribution is 5.93. The molecule has 0 saturated heterocycles. The van der Waals surface area contributed by atoms with Crippen LogP contribution in [0.2, 0.25) is 0 Å². The van der Waals surface area contributed by atoms with Crippen molar-refractivity contribution in [2.45, 2.75) is 14.9 Å². The molecule has 6 nitrogen and oxygen atoms in total. The van der Waals surface area contributed by atoms with E-state index >= 15 is 0 Å². The second-order valence-corrected chi connectivity index (χ2v) is 2.82. The largest absolute Gasteiger partial charge is 0.460 e. The zero-order valence-electron chi connectivity index (χ0n) is 8.25. The number of aliphatic hydroxyl groups excluding tert-OH is 1. The summed E-state index contributed by atoms with van der Waals surface area (Å²) < 4.78 is 4.65. The van der Waals surface area contributed by atoms with Crippen LogP contribution < -0.4 is 0 Å². The molecule has 0 heterocycles. The Morgan fingerprint density at radius 2 is 1.44 bits per heavy atom. The molecule has 0 bridgehead atoms. The predicted octanol–water partition coefficient (Wildman–Crippen LogP) is 1.74. The molecule has 0 unspecified atom stereocenters. The molecule has 0 fully saturated rings. The van der Waals surface area contributed by atoms with Crippen molar-refractivity contribution >= 4 is 11.9 Å². The quantitative estimate of drug-likeness (QED) is 0.485. The summed E-state index contributed by atoms with van der Waals surface area (Å²) in [6.45, 7) is -0.333. The summed E-state index contributed by atoms with van der Waals surface area (Å²) in [5.41, 5.74) is 0.351. The third kappa shape index (κ3) is 4.94. The van der Waals surface area contributed by atoms with Crippen molar-refractivity contribution in [3.8, 4) is 0 Å². The van der Waals surface area contributed by atoms with Crippen LogP contribution in [0.15, 0.2) is 24.3 Å². The second kappa shape index (κ2) is 9.15. The molecule has 18 heavy (non-hydrogen) atoms. The standard InChI is InChI=1S/C10H10O6.2CH4/c11-5-6-15-9(12)7-1-3-8(4-2-7)10(13)16-14;;/h1-4,11,14H,5-6H2;2*1H4. The molecule has 0 aliphatic heterocycles. The molecule has 0 aliphatic carbocycles. The summed E-state index contributed by atoms with van der Waals surface area (Å²) in [5.74, 6) is -1.51. The van der Waals surface area contributed by atoms with E-state index in [4.69, 9.17) is 10.4 Å². The van der Waals surface area contributed by atoms with E-state index in [9.17, 15) is 9.59 Å². The van der Waals surface area contributed by atoms with E-state index in [-0.39, 0.29) is 39.2 Å². The lowest BCUT2D eigenvalue weighted by molar-refractivity contribution is -0.182. The number of esters is 1. The molecular weight excluding hydrogens is 240 g/mol. The minimum Gasteiger partial charge on any atom is -0.460 e. The number of hydrogen-bond donors (Lipinski definition) is 2. The van der Waals surface area contributed by atoms with Gasteiger partial charge in [0.05, 0.1) is 17.7 Å². The van der Waals surface area contributed by atoms with Crippen LogP contribution in [0.25, 0.3) is 0 Å². The molecule has 1 aromatic carbocycles.